The van der Waals surface area contributed by atoms with Gasteiger partial charge in [0.25, 0.3) is 5.91 Å². The summed E-state index contributed by atoms with van der Waals surface area (Å²) in [5.74, 6) is 0.859. The molecule has 2 aromatic heterocycles. The first-order valence-corrected chi connectivity index (χ1v) is 11.3. The van der Waals surface area contributed by atoms with Crippen LogP contribution < -0.4 is 5.43 Å². The molecule has 5 rings (SSSR count). The molecule has 34 heavy (non-hydrogen) atoms. The maximum atomic E-state index is 13.2. The van der Waals surface area contributed by atoms with Crippen molar-refractivity contribution in [3.8, 4) is 11.3 Å². The highest BCUT2D eigenvalue weighted by Gasteiger charge is 2.14. The van der Waals surface area contributed by atoms with Gasteiger partial charge in [0.15, 0.2) is 5.82 Å². The zero-order valence-corrected chi connectivity index (χ0v) is 19.1. The Morgan fingerprint density at radius 1 is 0.941 bits per heavy atom. The predicted octanol–water partition coefficient (Wildman–Crippen LogP) is 5.67. The minimum Gasteiger partial charge on any atom is -0.323 e. The van der Waals surface area contributed by atoms with Crippen LogP contribution in [0.5, 0.6) is 0 Å². The molecule has 1 amide bonds. The first-order valence-electron chi connectivity index (χ1n) is 11.3. The SMILES string of the molecule is CC(C)Cn1c(/C=N\NC(=O)c2cc(-c3ccccc3)nc3ccccc23)nc2ccccc21. The number of carbonyl (C=O) groups is 1. The highest BCUT2D eigenvalue weighted by molar-refractivity contribution is 6.07. The van der Waals surface area contributed by atoms with Crippen molar-refractivity contribution >= 4 is 34.1 Å². The standard InChI is InChI=1S/C28H25N5O/c1-19(2)18-33-26-15-9-8-14-24(26)31-27(33)17-29-32-28(34)22-16-25(20-10-4-3-5-11-20)30-23-13-7-6-12-21(22)23/h3-17,19H,18H2,1-2H3,(H,32,34)/b29-17-. The summed E-state index contributed by atoms with van der Waals surface area (Å²) in [6.07, 6.45) is 1.61. The minimum absolute atomic E-state index is 0.293. The van der Waals surface area contributed by atoms with Gasteiger partial charge in [-0.1, -0.05) is 74.5 Å². The molecule has 0 aliphatic carbocycles. The quantitative estimate of drug-likeness (QED) is 0.269. The summed E-state index contributed by atoms with van der Waals surface area (Å²) in [5.41, 5.74) is 7.63. The Morgan fingerprint density at radius 3 is 2.44 bits per heavy atom. The van der Waals surface area contributed by atoms with Gasteiger partial charge >= 0.3 is 0 Å². The highest BCUT2D eigenvalue weighted by atomic mass is 16.2. The van der Waals surface area contributed by atoms with Crippen molar-refractivity contribution < 1.29 is 4.79 Å². The molecule has 0 aliphatic heterocycles. The Bertz CT molecular complexity index is 1500. The zero-order valence-electron chi connectivity index (χ0n) is 19.1. The Balaban J connectivity index is 1.47. The number of carbonyl (C=O) groups excluding carboxylic acids is 1. The first kappa shape index (κ1) is 21.5. The summed E-state index contributed by atoms with van der Waals surface area (Å²) in [6.45, 7) is 5.14. The molecule has 0 radical (unpaired) electrons. The van der Waals surface area contributed by atoms with Crippen molar-refractivity contribution in [1.29, 1.82) is 0 Å². The van der Waals surface area contributed by atoms with Crippen LogP contribution in [-0.2, 0) is 6.54 Å². The van der Waals surface area contributed by atoms with E-state index in [4.69, 9.17) is 9.97 Å². The van der Waals surface area contributed by atoms with Gasteiger partial charge in [-0.05, 0) is 30.2 Å². The van der Waals surface area contributed by atoms with E-state index in [1.807, 2.05) is 78.9 Å². The molecule has 5 aromatic rings. The third kappa shape index (κ3) is 4.30. The molecule has 6 nitrogen and oxygen atoms in total. The molecule has 0 saturated carbocycles. The van der Waals surface area contributed by atoms with Crippen molar-refractivity contribution in [3.05, 3.63) is 96.3 Å². The number of nitrogens with zero attached hydrogens (tertiary/aromatic N) is 4. The number of pyridine rings is 1. The van der Waals surface area contributed by atoms with E-state index in [1.54, 1.807) is 6.21 Å². The van der Waals surface area contributed by atoms with Crippen molar-refractivity contribution in [3.63, 3.8) is 0 Å². The fourth-order valence-electron chi connectivity index (χ4n) is 4.08. The predicted molar refractivity (Wildman–Crippen MR) is 137 cm³/mol. The first-order chi connectivity index (χ1) is 16.6. The number of para-hydroxylation sites is 3. The Morgan fingerprint density at radius 2 is 1.65 bits per heavy atom. The van der Waals surface area contributed by atoms with E-state index in [1.165, 1.54) is 0 Å². The lowest BCUT2D eigenvalue weighted by Crippen LogP contribution is -2.19. The second-order valence-electron chi connectivity index (χ2n) is 8.60. The Kier molecular flexibility index (Phi) is 5.87. The number of hydrogen-bond acceptors (Lipinski definition) is 4. The van der Waals surface area contributed by atoms with Crippen LogP contribution in [0.1, 0.15) is 30.0 Å². The van der Waals surface area contributed by atoms with Crippen LogP contribution in [0.15, 0.2) is 90.0 Å². The van der Waals surface area contributed by atoms with Crippen LogP contribution in [0.2, 0.25) is 0 Å². The van der Waals surface area contributed by atoms with E-state index < -0.39 is 0 Å². The molecule has 0 aliphatic rings. The number of hydrazone groups is 1. The second-order valence-corrected chi connectivity index (χ2v) is 8.60. The average molecular weight is 448 g/mol. The maximum absolute atomic E-state index is 13.2. The summed E-state index contributed by atoms with van der Waals surface area (Å²) in [7, 11) is 0. The fourth-order valence-corrected chi connectivity index (χ4v) is 4.08. The minimum atomic E-state index is -0.293. The molecule has 0 spiro atoms. The molecule has 3 aromatic carbocycles. The van der Waals surface area contributed by atoms with Gasteiger partial charge in [-0.3, -0.25) is 4.79 Å². The van der Waals surface area contributed by atoms with Crippen molar-refractivity contribution in [2.45, 2.75) is 20.4 Å². The number of benzene rings is 3. The maximum Gasteiger partial charge on any atom is 0.272 e. The van der Waals surface area contributed by atoms with Crippen molar-refractivity contribution in [2.24, 2.45) is 11.0 Å². The zero-order chi connectivity index (χ0) is 23.5. The summed E-state index contributed by atoms with van der Waals surface area (Å²) in [5, 5.41) is 5.04. The number of imidazole rings is 1. The van der Waals surface area contributed by atoms with Crippen LogP contribution >= 0.6 is 0 Å². The molecular weight excluding hydrogens is 422 g/mol. The van der Waals surface area contributed by atoms with E-state index in [2.05, 4.69) is 35.0 Å². The van der Waals surface area contributed by atoms with E-state index in [-0.39, 0.29) is 5.91 Å². The topological polar surface area (TPSA) is 72.2 Å². The lowest BCUT2D eigenvalue weighted by atomic mass is 10.0. The fraction of sp³-hybridized carbons (Fsp3) is 0.143. The van der Waals surface area contributed by atoms with Crippen LogP contribution in [0, 0.1) is 5.92 Å². The smallest absolute Gasteiger partial charge is 0.272 e. The molecule has 168 valence electrons. The van der Waals surface area contributed by atoms with Crippen LogP contribution in [0.4, 0.5) is 0 Å². The monoisotopic (exact) mass is 447 g/mol. The molecule has 0 atom stereocenters. The molecule has 0 unspecified atom stereocenters. The van der Waals surface area contributed by atoms with E-state index in [9.17, 15) is 4.79 Å². The van der Waals surface area contributed by atoms with Crippen molar-refractivity contribution in [2.75, 3.05) is 0 Å². The van der Waals surface area contributed by atoms with Gasteiger partial charge in [0.1, 0.15) is 0 Å². The van der Waals surface area contributed by atoms with Crippen LogP contribution in [0.25, 0.3) is 33.2 Å². The number of rotatable bonds is 6. The number of nitrogens with one attached hydrogen (secondary N) is 1. The number of fused-ring (bicyclic) bond motifs is 2. The molecular formula is C28H25N5O. The summed E-state index contributed by atoms with van der Waals surface area (Å²) in [4.78, 5) is 22.6. The summed E-state index contributed by atoms with van der Waals surface area (Å²) >= 11 is 0. The van der Waals surface area contributed by atoms with E-state index >= 15 is 0 Å². The van der Waals surface area contributed by atoms with Gasteiger partial charge in [-0.2, -0.15) is 5.10 Å². The van der Waals surface area contributed by atoms with Gasteiger partial charge in [0, 0.05) is 17.5 Å². The molecule has 2 heterocycles. The third-order valence-electron chi connectivity index (χ3n) is 5.61. The average Bonchev–Trinajstić information content (AvgIpc) is 3.20. The normalized spacial score (nSPS) is 11.6. The van der Waals surface area contributed by atoms with Crippen LogP contribution in [-0.4, -0.2) is 26.7 Å². The largest absolute Gasteiger partial charge is 0.323 e. The van der Waals surface area contributed by atoms with E-state index in [0.717, 1.165) is 39.7 Å². The lowest BCUT2D eigenvalue weighted by Gasteiger charge is -2.10. The van der Waals surface area contributed by atoms with Gasteiger partial charge in [-0.25, -0.2) is 15.4 Å². The van der Waals surface area contributed by atoms with Gasteiger partial charge < -0.3 is 4.57 Å². The van der Waals surface area contributed by atoms with Gasteiger partial charge in [0.05, 0.1) is 34.0 Å². The highest BCUT2D eigenvalue weighted by Crippen LogP contribution is 2.25. The molecule has 0 bridgehead atoms. The summed E-state index contributed by atoms with van der Waals surface area (Å²) < 4.78 is 2.13. The number of amides is 1. The number of aromatic nitrogens is 3. The molecule has 1 N–H and O–H groups in total. The van der Waals surface area contributed by atoms with Gasteiger partial charge in [-0.15, -0.1) is 0 Å². The third-order valence-corrected chi connectivity index (χ3v) is 5.61. The van der Waals surface area contributed by atoms with Gasteiger partial charge in [0.2, 0.25) is 0 Å². The number of hydrogen-bond donors (Lipinski definition) is 1. The molecule has 0 fully saturated rings. The molecule has 6 heteroatoms. The Labute approximate surface area is 198 Å². The molecule has 0 saturated heterocycles. The Hall–Kier alpha value is -4.32. The summed E-state index contributed by atoms with van der Waals surface area (Å²) in [6, 6.07) is 27.3. The van der Waals surface area contributed by atoms with Crippen molar-refractivity contribution in [1.82, 2.24) is 20.0 Å². The van der Waals surface area contributed by atoms with Crippen LogP contribution in [0.3, 0.4) is 0 Å². The lowest BCUT2D eigenvalue weighted by molar-refractivity contribution is 0.0956. The van der Waals surface area contributed by atoms with E-state index in [0.29, 0.717) is 17.3 Å². The second kappa shape index (κ2) is 9.27.